The Balaban J connectivity index is 1.72. The number of aromatic nitrogens is 3. The van der Waals surface area contributed by atoms with Gasteiger partial charge in [0.2, 0.25) is 0 Å². The summed E-state index contributed by atoms with van der Waals surface area (Å²) in [7, 11) is 0. The number of rotatable bonds is 5. The molecule has 0 spiro atoms. The Labute approximate surface area is 170 Å². The van der Waals surface area contributed by atoms with Crippen LogP contribution in [0.1, 0.15) is 55.9 Å². The van der Waals surface area contributed by atoms with Crippen LogP contribution in [-0.4, -0.2) is 32.8 Å². The Morgan fingerprint density at radius 3 is 2.62 bits per heavy atom. The second-order valence-corrected chi connectivity index (χ2v) is 8.22. The highest BCUT2D eigenvalue weighted by Crippen LogP contribution is 2.32. The number of nitrogens with one attached hydrogen (secondary N) is 1. The number of amides is 1. The van der Waals surface area contributed by atoms with Gasteiger partial charge in [-0.15, -0.1) is 0 Å². The molecule has 5 N–H and O–H groups in total. The third-order valence-corrected chi connectivity index (χ3v) is 5.62. The summed E-state index contributed by atoms with van der Waals surface area (Å²) >= 11 is 0. The Morgan fingerprint density at radius 2 is 1.93 bits per heavy atom. The lowest BCUT2D eigenvalue weighted by Gasteiger charge is -2.26. The first kappa shape index (κ1) is 19.4. The number of anilines is 1. The number of fused-ring (bicyclic) bond motifs is 1. The number of benzene rings is 1. The number of carbonyl (C=O) groups excluding carboxylic acids is 1. The second-order valence-electron chi connectivity index (χ2n) is 8.22. The van der Waals surface area contributed by atoms with Crippen LogP contribution in [0.3, 0.4) is 0 Å². The number of nitrogens with two attached hydrogens (primary N) is 2. The largest absolute Gasteiger partial charge is 0.382 e. The molecule has 1 aliphatic rings. The molecule has 1 aromatic carbocycles. The van der Waals surface area contributed by atoms with Gasteiger partial charge in [0.25, 0.3) is 5.91 Å². The van der Waals surface area contributed by atoms with Crippen molar-refractivity contribution in [3.8, 4) is 11.1 Å². The third-order valence-electron chi connectivity index (χ3n) is 5.62. The highest BCUT2D eigenvalue weighted by atomic mass is 16.1. The van der Waals surface area contributed by atoms with Crippen LogP contribution in [0.5, 0.6) is 0 Å². The van der Waals surface area contributed by atoms with Crippen LogP contribution in [0.4, 0.5) is 5.69 Å². The normalized spacial score (nSPS) is 19.6. The van der Waals surface area contributed by atoms with Gasteiger partial charge in [-0.05, 0) is 57.2 Å². The molecule has 7 nitrogen and oxygen atoms in total. The first-order chi connectivity index (χ1) is 13.9. The van der Waals surface area contributed by atoms with E-state index in [0.29, 0.717) is 17.6 Å². The van der Waals surface area contributed by atoms with E-state index in [4.69, 9.17) is 11.5 Å². The summed E-state index contributed by atoms with van der Waals surface area (Å²) in [5.41, 5.74) is 15.6. The molecule has 1 fully saturated rings. The van der Waals surface area contributed by atoms with Gasteiger partial charge in [-0.1, -0.05) is 6.07 Å². The van der Waals surface area contributed by atoms with E-state index >= 15 is 0 Å². The van der Waals surface area contributed by atoms with Crippen LogP contribution >= 0.6 is 0 Å². The van der Waals surface area contributed by atoms with Crippen LogP contribution in [0, 0.1) is 0 Å². The molecule has 152 valence electrons. The molecule has 1 aliphatic carbocycles. The van der Waals surface area contributed by atoms with E-state index in [1.165, 1.54) is 0 Å². The van der Waals surface area contributed by atoms with Crippen molar-refractivity contribution >= 4 is 22.5 Å². The summed E-state index contributed by atoms with van der Waals surface area (Å²) < 4.78 is 2.07. The molecular weight excluding hydrogens is 364 g/mol. The highest BCUT2D eigenvalue weighted by molar-refractivity contribution is 6.07. The van der Waals surface area contributed by atoms with E-state index < -0.39 is 5.91 Å². The molecule has 0 unspecified atom stereocenters. The van der Waals surface area contributed by atoms with Crippen LogP contribution in [-0.2, 0) is 0 Å². The minimum Gasteiger partial charge on any atom is -0.382 e. The van der Waals surface area contributed by atoms with Gasteiger partial charge in [-0.2, -0.15) is 5.10 Å². The van der Waals surface area contributed by atoms with Gasteiger partial charge >= 0.3 is 0 Å². The van der Waals surface area contributed by atoms with E-state index in [0.717, 1.165) is 53.4 Å². The van der Waals surface area contributed by atoms with Crippen molar-refractivity contribution < 1.29 is 4.79 Å². The average Bonchev–Trinajstić information content (AvgIpc) is 3.18. The molecule has 0 aliphatic heterocycles. The molecule has 2 heterocycles. The van der Waals surface area contributed by atoms with Crippen molar-refractivity contribution in [3.05, 3.63) is 42.4 Å². The summed E-state index contributed by atoms with van der Waals surface area (Å²) in [5, 5.41) is 8.85. The molecule has 0 atom stereocenters. The van der Waals surface area contributed by atoms with Crippen molar-refractivity contribution in [1.82, 2.24) is 14.8 Å². The number of hydrogen-bond acceptors (Lipinski definition) is 5. The lowest BCUT2D eigenvalue weighted by molar-refractivity contribution is 0.100. The van der Waals surface area contributed by atoms with Crippen LogP contribution in [0.25, 0.3) is 22.0 Å². The maximum Gasteiger partial charge on any atom is 0.252 e. The lowest BCUT2D eigenvalue weighted by atomic mass is 9.92. The van der Waals surface area contributed by atoms with E-state index in [1.807, 2.05) is 32.2 Å². The van der Waals surface area contributed by atoms with Crippen molar-refractivity contribution in [1.29, 1.82) is 0 Å². The van der Waals surface area contributed by atoms with Gasteiger partial charge in [0, 0.05) is 35.4 Å². The zero-order valence-electron chi connectivity index (χ0n) is 16.9. The minimum atomic E-state index is -0.490. The van der Waals surface area contributed by atoms with Crippen molar-refractivity contribution in [2.24, 2.45) is 11.5 Å². The molecule has 2 aromatic heterocycles. The fourth-order valence-corrected chi connectivity index (χ4v) is 4.06. The summed E-state index contributed by atoms with van der Waals surface area (Å²) in [4.78, 5) is 16.3. The predicted molar refractivity (Wildman–Crippen MR) is 116 cm³/mol. The Morgan fingerprint density at radius 1 is 1.17 bits per heavy atom. The van der Waals surface area contributed by atoms with Gasteiger partial charge in [-0.3, -0.25) is 14.5 Å². The molecule has 29 heavy (non-hydrogen) atoms. The summed E-state index contributed by atoms with van der Waals surface area (Å²) in [5.74, 6) is -0.490. The molecule has 3 aromatic rings. The van der Waals surface area contributed by atoms with Gasteiger partial charge in [-0.25, -0.2) is 0 Å². The SMILES string of the molecule is CC(C)Nc1c(C(N)=O)cnc2ccc(-c3cnn(C4CCC(N)CC4)c3)cc12. The van der Waals surface area contributed by atoms with Crippen molar-refractivity contribution in [2.45, 2.75) is 57.7 Å². The van der Waals surface area contributed by atoms with Gasteiger partial charge < -0.3 is 16.8 Å². The second kappa shape index (κ2) is 7.83. The first-order valence-corrected chi connectivity index (χ1v) is 10.2. The van der Waals surface area contributed by atoms with E-state index in [2.05, 4.69) is 32.3 Å². The fraction of sp³-hybridized carbons (Fsp3) is 0.409. The topological polar surface area (TPSA) is 112 Å². The lowest BCUT2D eigenvalue weighted by Crippen LogP contribution is -2.27. The van der Waals surface area contributed by atoms with Crippen LogP contribution in [0.2, 0.25) is 0 Å². The quantitative estimate of drug-likeness (QED) is 0.615. The van der Waals surface area contributed by atoms with E-state index in [9.17, 15) is 4.79 Å². The molecule has 0 bridgehead atoms. The first-order valence-electron chi connectivity index (χ1n) is 10.2. The van der Waals surface area contributed by atoms with E-state index in [1.54, 1.807) is 6.20 Å². The maximum atomic E-state index is 11.9. The van der Waals surface area contributed by atoms with E-state index in [-0.39, 0.29) is 6.04 Å². The molecule has 4 rings (SSSR count). The number of pyridine rings is 1. The summed E-state index contributed by atoms with van der Waals surface area (Å²) in [6, 6.07) is 6.94. The van der Waals surface area contributed by atoms with Crippen molar-refractivity contribution in [3.63, 3.8) is 0 Å². The Bertz CT molecular complexity index is 1030. The predicted octanol–water partition coefficient (Wildman–Crippen LogP) is 3.46. The minimum absolute atomic E-state index is 0.155. The Kier molecular flexibility index (Phi) is 5.24. The molecular formula is C22H28N6O. The average molecular weight is 393 g/mol. The molecule has 1 saturated carbocycles. The number of nitrogens with zero attached hydrogens (tertiary/aromatic N) is 3. The molecule has 1 amide bonds. The smallest absolute Gasteiger partial charge is 0.252 e. The highest BCUT2D eigenvalue weighted by Gasteiger charge is 2.21. The molecule has 0 radical (unpaired) electrons. The van der Waals surface area contributed by atoms with Crippen LogP contribution in [0.15, 0.2) is 36.8 Å². The van der Waals surface area contributed by atoms with Crippen molar-refractivity contribution in [2.75, 3.05) is 5.32 Å². The monoisotopic (exact) mass is 392 g/mol. The number of hydrogen-bond donors (Lipinski definition) is 3. The number of primary amides is 1. The summed E-state index contributed by atoms with van der Waals surface area (Å²) in [6.07, 6.45) is 9.76. The number of carbonyl (C=O) groups is 1. The maximum absolute atomic E-state index is 11.9. The van der Waals surface area contributed by atoms with Crippen LogP contribution < -0.4 is 16.8 Å². The standard InChI is InChI=1S/C22H28N6O/c1-13(2)27-21-18-9-14(3-8-20(18)25-11-19(21)22(24)29)15-10-26-28(12-15)17-6-4-16(23)5-7-17/h3,8-13,16-17H,4-7,23H2,1-2H3,(H2,24,29)(H,25,27). The molecule has 7 heteroatoms. The fourth-order valence-electron chi connectivity index (χ4n) is 4.06. The van der Waals surface area contributed by atoms with Gasteiger partial charge in [0.1, 0.15) is 0 Å². The van der Waals surface area contributed by atoms with Gasteiger partial charge in [0.15, 0.2) is 0 Å². The summed E-state index contributed by atoms with van der Waals surface area (Å²) in [6.45, 7) is 4.06. The molecule has 0 saturated heterocycles. The van der Waals surface area contributed by atoms with Gasteiger partial charge in [0.05, 0.1) is 29.0 Å². The zero-order chi connectivity index (χ0) is 20.5. The zero-order valence-corrected chi connectivity index (χ0v) is 16.9. The Hall–Kier alpha value is -2.93. The third kappa shape index (κ3) is 3.96.